The summed E-state index contributed by atoms with van der Waals surface area (Å²) in [5.41, 5.74) is 2.70. The van der Waals surface area contributed by atoms with Gasteiger partial charge in [0.2, 0.25) is 23.4 Å². The van der Waals surface area contributed by atoms with Crippen molar-refractivity contribution in [1.29, 1.82) is 0 Å². The minimum absolute atomic E-state index is 0.0356. The maximum atomic E-state index is 13.8. The Morgan fingerprint density at radius 3 is 1.63 bits per heavy atom. The van der Waals surface area contributed by atoms with E-state index in [1.165, 1.54) is 34.9 Å². The van der Waals surface area contributed by atoms with E-state index in [2.05, 4.69) is 25.8 Å². The molecule has 0 radical (unpaired) electrons. The van der Waals surface area contributed by atoms with Gasteiger partial charge in [-0.3, -0.25) is 19.2 Å². The number of carbonyl (C=O) groups is 6. The lowest BCUT2D eigenvalue weighted by molar-refractivity contribution is -0.141. The first-order chi connectivity index (χ1) is 21.9. The van der Waals surface area contributed by atoms with Crippen LogP contribution < -0.4 is 10.6 Å². The van der Waals surface area contributed by atoms with E-state index in [1.54, 1.807) is 36.4 Å². The molecule has 2 amide bonds. The van der Waals surface area contributed by atoms with E-state index in [4.69, 9.17) is 4.84 Å². The number of carbonyl (C=O) groups excluding carboxylic acids is 6. The van der Waals surface area contributed by atoms with Gasteiger partial charge in [0.15, 0.2) is 0 Å². The molecule has 2 N–H and O–H groups in total. The molecule has 2 aromatic carbocycles. The minimum Gasteiger partial charge on any atom is -0.359 e. The highest BCUT2D eigenvalue weighted by Crippen LogP contribution is 2.54. The number of ketones is 2. The zero-order valence-electron chi connectivity index (χ0n) is 27.1. The minimum atomic E-state index is -0.951. The molecule has 0 heterocycles. The molecule has 0 fully saturated rings. The molecule has 0 bridgehead atoms. The number of fused-ring (bicyclic) bond motifs is 3. The molecular formula is C34H40N4O8. The number of hydrogen-bond donors (Lipinski definition) is 2. The third-order valence-corrected chi connectivity index (χ3v) is 7.95. The van der Waals surface area contributed by atoms with Gasteiger partial charge in [-0.05, 0) is 67.0 Å². The highest BCUT2D eigenvalue weighted by molar-refractivity contribution is 6.46. The molecule has 12 heteroatoms. The largest absolute Gasteiger partial charge is 0.359 e. The summed E-state index contributed by atoms with van der Waals surface area (Å²) < 4.78 is 0. The summed E-state index contributed by atoms with van der Waals surface area (Å²) in [6, 6.07) is 10.4. The van der Waals surface area contributed by atoms with Gasteiger partial charge >= 0.3 is 11.9 Å². The molecule has 2 aromatic rings. The van der Waals surface area contributed by atoms with Crippen LogP contribution in [0.15, 0.2) is 46.7 Å². The SMILES string of the molecule is CCCC/C(=N\OC(C)=O)C(=O)c1ccc2c(c1)C(CCC(=O)NC)(CCC(=O)NC)c1cc(C(=O)/C(C)=N/OC(C)=O)ccc1-2. The van der Waals surface area contributed by atoms with Crippen molar-refractivity contribution in [2.75, 3.05) is 14.1 Å². The van der Waals surface area contributed by atoms with Crippen molar-refractivity contribution >= 4 is 46.7 Å². The Hall–Kier alpha value is -5.00. The van der Waals surface area contributed by atoms with Gasteiger partial charge in [-0.2, -0.15) is 0 Å². The Kier molecular flexibility index (Phi) is 12.2. The van der Waals surface area contributed by atoms with Crippen molar-refractivity contribution < 1.29 is 38.4 Å². The molecule has 0 saturated heterocycles. The van der Waals surface area contributed by atoms with E-state index in [0.717, 1.165) is 23.1 Å². The molecule has 0 aromatic heterocycles. The van der Waals surface area contributed by atoms with E-state index in [-0.39, 0.29) is 54.5 Å². The number of amides is 2. The fourth-order valence-electron chi connectivity index (χ4n) is 5.56. The molecular weight excluding hydrogens is 592 g/mol. The number of oxime groups is 2. The van der Waals surface area contributed by atoms with Crippen molar-refractivity contribution in [2.45, 2.75) is 78.1 Å². The summed E-state index contributed by atoms with van der Waals surface area (Å²) >= 11 is 0. The number of unbranched alkanes of at least 4 members (excludes halogenated alkanes) is 1. The maximum absolute atomic E-state index is 13.8. The lowest BCUT2D eigenvalue weighted by Crippen LogP contribution is -2.31. The zero-order chi connectivity index (χ0) is 34.0. The lowest BCUT2D eigenvalue weighted by atomic mass is 9.70. The monoisotopic (exact) mass is 632 g/mol. The Morgan fingerprint density at radius 2 is 1.17 bits per heavy atom. The second-order valence-corrected chi connectivity index (χ2v) is 11.1. The summed E-state index contributed by atoms with van der Waals surface area (Å²) in [6.45, 7) is 5.78. The second-order valence-electron chi connectivity index (χ2n) is 11.1. The van der Waals surface area contributed by atoms with Gasteiger partial charge < -0.3 is 20.3 Å². The highest BCUT2D eigenvalue weighted by atomic mass is 16.7. The van der Waals surface area contributed by atoms with Crippen LogP contribution >= 0.6 is 0 Å². The molecule has 12 nitrogen and oxygen atoms in total. The van der Waals surface area contributed by atoms with Gasteiger partial charge in [0.1, 0.15) is 11.4 Å². The van der Waals surface area contributed by atoms with Gasteiger partial charge in [0, 0.05) is 57.3 Å². The Labute approximate surface area is 268 Å². The highest BCUT2D eigenvalue weighted by Gasteiger charge is 2.44. The number of nitrogens with zero attached hydrogens (tertiary/aromatic N) is 2. The van der Waals surface area contributed by atoms with Crippen LogP contribution in [0.2, 0.25) is 0 Å². The van der Waals surface area contributed by atoms with Gasteiger partial charge in [0.05, 0.1) is 0 Å². The van der Waals surface area contributed by atoms with Crippen LogP contribution in [0.5, 0.6) is 0 Å². The maximum Gasteiger partial charge on any atom is 0.331 e. The molecule has 46 heavy (non-hydrogen) atoms. The van der Waals surface area contributed by atoms with E-state index in [0.29, 0.717) is 24.0 Å². The average molecular weight is 633 g/mol. The van der Waals surface area contributed by atoms with Crippen LogP contribution in [0.3, 0.4) is 0 Å². The molecule has 0 atom stereocenters. The molecule has 0 spiro atoms. The van der Waals surface area contributed by atoms with Crippen molar-refractivity contribution in [3.63, 3.8) is 0 Å². The topological polar surface area (TPSA) is 170 Å². The summed E-state index contributed by atoms with van der Waals surface area (Å²) in [5, 5.41) is 12.8. The van der Waals surface area contributed by atoms with E-state index in [1.807, 2.05) is 6.92 Å². The summed E-state index contributed by atoms with van der Waals surface area (Å²) in [4.78, 5) is 84.5. The zero-order valence-corrected chi connectivity index (χ0v) is 27.1. The van der Waals surface area contributed by atoms with E-state index in [9.17, 15) is 28.8 Å². The van der Waals surface area contributed by atoms with Crippen molar-refractivity contribution in [2.24, 2.45) is 10.3 Å². The van der Waals surface area contributed by atoms with Crippen LogP contribution in [0, 0.1) is 0 Å². The van der Waals surface area contributed by atoms with Gasteiger partial charge in [-0.15, -0.1) is 0 Å². The standard InChI is InChI=1S/C34H40N4O8/c1-7-8-9-29(38-46-22(4)40)33(44)24-11-13-26-25-12-10-23(32(43)20(2)37-45-21(3)39)18-27(25)34(28(26)19-24,16-14-30(41)35-5)17-15-31(42)36-6/h10-13,18-19H,7-9,14-17H2,1-6H3,(H,35,41)(H,36,42)/b37-20+,38-29+. The number of hydrogen-bond acceptors (Lipinski definition) is 10. The first-order valence-electron chi connectivity index (χ1n) is 15.1. The van der Waals surface area contributed by atoms with Crippen molar-refractivity contribution in [3.05, 3.63) is 58.7 Å². The van der Waals surface area contributed by atoms with E-state index < -0.39 is 28.9 Å². The summed E-state index contributed by atoms with van der Waals surface area (Å²) in [6.07, 6.45) is 2.48. The molecule has 1 aliphatic rings. The quantitative estimate of drug-likeness (QED) is 0.126. The van der Waals surface area contributed by atoms with Crippen molar-refractivity contribution in [1.82, 2.24) is 10.6 Å². The first kappa shape index (κ1) is 35.5. The van der Waals surface area contributed by atoms with E-state index >= 15 is 0 Å². The van der Waals surface area contributed by atoms with Gasteiger partial charge in [-0.25, -0.2) is 9.59 Å². The van der Waals surface area contributed by atoms with Crippen molar-refractivity contribution in [3.8, 4) is 11.1 Å². The van der Waals surface area contributed by atoms with Crippen LogP contribution in [-0.2, 0) is 34.3 Å². The molecule has 1 aliphatic carbocycles. The Balaban J connectivity index is 2.25. The third-order valence-electron chi connectivity index (χ3n) is 7.95. The molecule has 3 rings (SSSR count). The van der Waals surface area contributed by atoms with Crippen LogP contribution in [0.25, 0.3) is 11.1 Å². The van der Waals surface area contributed by atoms with Gasteiger partial charge in [-0.1, -0.05) is 47.9 Å². The number of rotatable bonds is 15. The van der Waals surface area contributed by atoms with Crippen LogP contribution in [-0.4, -0.2) is 60.8 Å². The molecule has 0 aliphatic heterocycles. The normalized spacial score (nSPS) is 13.3. The predicted octanol–water partition coefficient (Wildman–Crippen LogP) is 4.42. The second kappa shape index (κ2) is 15.8. The fraction of sp³-hybridized carbons (Fsp3) is 0.412. The summed E-state index contributed by atoms with van der Waals surface area (Å²) in [7, 11) is 3.07. The smallest absolute Gasteiger partial charge is 0.331 e. The van der Waals surface area contributed by atoms with Crippen LogP contribution in [0.4, 0.5) is 0 Å². The number of nitrogens with one attached hydrogen (secondary N) is 2. The third kappa shape index (κ3) is 8.17. The Morgan fingerprint density at radius 1 is 0.696 bits per heavy atom. The molecule has 244 valence electrons. The molecule has 0 saturated carbocycles. The number of benzene rings is 2. The van der Waals surface area contributed by atoms with Gasteiger partial charge in [0.25, 0.3) is 0 Å². The Bertz CT molecular complexity index is 1590. The number of Topliss-reactive ketones (excluding diaryl/α,β-unsaturated/α-hetero) is 2. The van der Waals surface area contributed by atoms with Crippen LogP contribution in [0.1, 0.15) is 104 Å². The lowest BCUT2D eigenvalue weighted by Gasteiger charge is -2.32. The fourth-order valence-corrected chi connectivity index (χ4v) is 5.56. The average Bonchev–Trinajstić information content (AvgIpc) is 3.32. The first-order valence-corrected chi connectivity index (χ1v) is 15.1. The summed E-state index contributed by atoms with van der Waals surface area (Å²) in [5.74, 6) is -2.62. The predicted molar refractivity (Wildman–Crippen MR) is 172 cm³/mol. The molecule has 0 unspecified atom stereocenters.